The quantitative estimate of drug-likeness (QED) is 0.606. The van der Waals surface area contributed by atoms with Gasteiger partial charge in [0.05, 0.1) is 0 Å². The van der Waals surface area contributed by atoms with Gasteiger partial charge >= 0.3 is 0 Å². The van der Waals surface area contributed by atoms with Crippen molar-refractivity contribution < 1.29 is 9.59 Å². The van der Waals surface area contributed by atoms with Crippen molar-refractivity contribution in [2.45, 2.75) is 63.5 Å². The fourth-order valence-corrected chi connectivity index (χ4v) is 8.80. The summed E-state index contributed by atoms with van der Waals surface area (Å²) < 4.78 is 0. The molecule has 7 rings (SSSR count). The van der Waals surface area contributed by atoms with Crippen LogP contribution in [0.4, 0.5) is 0 Å². The average molecular weight is 478 g/mol. The largest absolute Gasteiger partial charge is 0.342 e. The average Bonchev–Trinajstić information content (AvgIpc) is 3.56. The lowest BCUT2D eigenvalue weighted by Crippen LogP contribution is -2.45. The number of rotatable bonds is 2. The number of fused-ring (bicyclic) bond motifs is 6. The highest BCUT2D eigenvalue weighted by atomic mass is 16.2. The minimum Gasteiger partial charge on any atom is -0.342 e. The summed E-state index contributed by atoms with van der Waals surface area (Å²) >= 11 is 0. The number of carbonyl (C=O) groups excluding carboxylic acids is 2. The predicted octanol–water partition coefficient (Wildman–Crippen LogP) is 1.84. The molecule has 7 nitrogen and oxygen atoms in total. The molecule has 6 aliphatic rings. The third-order valence-electron chi connectivity index (χ3n) is 10.6. The van der Waals surface area contributed by atoms with Crippen molar-refractivity contribution >= 4 is 11.8 Å². The van der Waals surface area contributed by atoms with Crippen molar-refractivity contribution in [3.05, 3.63) is 35.4 Å². The Balaban J connectivity index is 0.973. The Labute approximate surface area is 208 Å². The summed E-state index contributed by atoms with van der Waals surface area (Å²) in [6.07, 6.45) is 4.77. The van der Waals surface area contributed by atoms with Gasteiger partial charge in [0.1, 0.15) is 0 Å². The highest BCUT2D eigenvalue weighted by Gasteiger charge is 2.60. The van der Waals surface area contributed by atoms with Gasteiger partial charge in [-0.15, -0.1) is 0 Å². The van der Waals surface area contributed by atoms with E-state index in [1.54, 1.807) is 0 Å². The Bertz CT molecular complexity index is 1020. The van der Waals surface area contributed by atoms with Crippen LogP contribution < -0.4 is 16.4 Å². The summed E-state index contributed by atoms with van der Waals surface area (Å²) in [7, 11) is 0. The number of amides is 2. The van der Waals surface area contributed by atoms with E-state index in [-0.39, 0.29) is 17.3 Å². The zero-order chi connectivity index (χ0) is 23.9. The van der Waals surface area contributed by atoms with E-state index in [1.165, 1.54) is 11.1 Å². The van der Waals surface area contributed by atoms with Gasteiger partial charge in [0.2, 0.25) is 11.8 Å². The Hall–Kier alpha value is -1.96. The van der Waals surface area contributed by atoms with E-state index in [1.807, 2.05) is 0 Å². The molecule has 3 saturated heterocycles. The Kier molecular flexibility index (Phi) is 5.10. The molecule has 3 aliphatic carbocycles. The van der Waals surface area contributed by atoms with Crippen molar-refractivity contribution in [2.24, 2.45) is 35.5 Å². The van der Waals surface area contributed by atoms with Crippen molar-refractivity contribution in [1.82, 2.24) is 26.2 Å². The first kappa shape index (κ1) is 22.3. The summed E-state index contributed by atoms with van der Waals surface area (Å²) in [5, 5.41) is 0. The molecular weight excluding hydrogens is 438 g/mol. The van der Waals surface area contributed by atoms with Crippen LogP contribution in [0.5, 0.6) is 0 Å². The molecule has 0 radical (unpaired) electrons. The van der Waals surface area contributed by atoms with E-state index >= 15 is 0 Å². The third-order valence-corrected chi connectivity index (χ3v) is 10.6. The van der Waals surface area contributed by atoms with Crippen LogP contribution in [-0.2, 0) is 21.4 Å². The van der Waals surface area contributed by atoms with Gasteiger partial charge in [-0.25, -0.2) is 10.9 Å². The first-order chi connectivity index (χ1) is 16.9. The van der Waals surface area contributed by atoms with Crippen molar-refractivity contribution in [3.8, 4) is 0 Å². The van der Waals surface area contributed by atoms with Crippen LogP contribution in [-0.4, -0.2) is 59.9 Å². The van der Waals surface area contributed by atoms with Crippen LogP contribution in [0.1, 0.15) is 50.7 Å². The number of hydrazine groups is 2. The Morgan fingerprint density at radius 3 is 2.11 bits per heavy atom. The molecule has 35 heavy (non-hydrogen) atoms. The second kappa shape index (κ2) is 8.02. The van der Waals surface area contributed by atoms with E-state index < -0.39 is 0 Å². The van der Waals surface area contributed by atoms with Crippen molar-refractivity contribution in [1.29, 1.82) is 0 Å². The number of likely N-dealkylation sites (tertiary alicyclic amines) is 2. The molecule has 0 aromatic heterocycles. The molecule has 4 unspecified atom stereocenters. The number of nitrogens with one attached hydrogen (secondary N) is 3. The van der Waals surface area contributed by atoms with Crippen LogP contribution in [0.2, 0.25) is 0 Å². The van der Waals surface area contributed by atoms with Gasteiger partial charge in [-0.3, -0.25) is 9.59 Å². The molecule has 1 aromatic rings. The molecule has 2 amide bonds. The van der Waals surface area contributed by atoms with Gasteiger partial charge in [0.25, 0.3) is 0 Å². The van der Waals surface area contributed by atoms with E-state index in [0.29, 0.717) is 47.6 Å². The monoisotopic (exact) mass is 477 g/mol. The maximum absolute atomic E-state index is 13.7. The van der Waals surface area contributed by atoms with E-state index in [4.69, 9.17) is 0 Å². The molecule has 3 N–H and O–H groups in total. The smallest absolute Gasteiger partial charge is 0.226 e. The molecule has 3 aliphatic heterocycles. The third kappa shape index (κ3) is 3.49. The van der Waals surface area contributed by atoms with E-state index in [2.05, 4.69) is 64.3 Å². The van der Waals surface area contributed by atoms with Gasteiger partial charge in [-0.2, -0.15) is 5.53 Å². The van der Waals surface area contributed by atoms with Crippen LogP contribution in [0.15, 0.2) is 24.3 Å². The minimum atomic E-state index is 0.0462. The number of nitrogens with zero attached hydrogens (tertiary/aromatic N) is 2. The second-order valence-electron chi connectivity index (χ2n) is 12.9. The number of hydrogen-bond donors (Lipinski definition) is 3. The maximum atomic E-state index is 13.7. The molecule has 8 atom stereocenters. The predicted molar refractivity (Wildman–Crippen MR) is 133 cm³/mol. The fraction of sp³-hybridized carbons (Fsp3) is 0.714. The standard InChI is InChI=1S/C28H39N5O2/c1-28(2)11-18(9-16-5-3-4-6-23(16)28)27(35)33-14-21-19-12-32(13-20(19)22(21)15-33)26(34)17-7-8-24-25(10-17)30-31-29-24/h3-6,17-22,24-25,29-31H,7-15H2,1-2H3/t17?,18?,19-,20+,21+,22-,24?,25?. The zero-order valence-electron chi connectivity index (χ0n) is 21.0. The van der Waals surface area contributed by atoms with Gasteiger partial charge in [-0.05, 0) is 72.3 Å². The molecule has 7 heteroatoms. The van der Waals surface area contributed by atoms with E-state index in [0.717, 1.165) is 58.3 Å². The zero-order valence-corrected chi connectivity index (χ0v) is 21.0. The lowest BCUT2D eigenvalue weighted by atomic mass is 9.60. The second-order valence-corrected chi connectivity index (χ2v) is 12.9. The van der Waals surface area contributed by atoms with Crippen LogP contribution in [0, 0.1) is 35.5 Å². The van der Waals surface area contributed by atoms with Gasteiger partial charge < -0.3 is 9.80 Å². The SMILES string of the molecule is CC1(C)CC(C(=O)N2C[C@@H]3[C@H]4CN(C(=O)C5CCC6NNNC6C5)C[C@H]4[C@@H]3C2)Cc2ccccc21. The molecule has 3 heterocycles. The number of hydrogen-bond acceptors (Lipinski definition) is 5. The summed E-state index contributed by atoms with van der Waals surface area (Å²) in [6, 6.07) is 9.48. The number of benzene rings is 1. The lowest BCUT2D eigenvalue weighted by molar-refractivity contribution is -0.137. The van der Waals surface area contributed by atoms with Gasteiger partial charge in [0, 0.05) is 50.1 Å². The fourth-order valence-electron chi connectivity index (χ4n) is 8.80. The highest BCUT2D eigenvalue weighted by molar-refractivity contribution is 5.81. The first-order valence-electron chi connectivity index (χ1n) is 13.8. The summed E-state index contributed by atoms with van der Waals surface area (Å²) in [5.74, 6) is 3.36. The molecule has 5 fully saturated rings. The molecule has 0 bridgehead atoms. The Morgan fingerprint density at radius 2 is 1.43 bits per heavy atom. The maximum Gasteiger partial charge on any atom is 0.226 e. The molecular formula is C28H39N5O2. The summed E-state index contributed by atoms with van der Waals surface area (Å²) in [5.41, 5.74) is 12.4. The normalized spacial score (nSPS) is 41.0. The molecule has 188 valence electrons. The van der Waals surface area contributed by atoms with Crippen molar-refractivity contribution in [3.63, 3.8) is 0 Å². The van der Waals surface area contributed by atoms with Crippen LogP contribution >= 0.6 is 0 Å². The molecule has 0 spiro atoms. The highest BCUT2D eigenvalue weighted by Crippen LogP contribution is 2.55. The lowest BCUT2D eigenvalue weighted by Gasteiger charge is -2.42. The summed E-state index contributed by atoms with van der Waals surface area (Å²) in [4.78, 5) is 31.4. The summed E-state index contributed by atoms with van der Waals surface area (Å²) in [6.45, 7) is 8.20. The number of carbonyl (C=O) groups is 2. The van der Waals surface area contributed by atoms with E-state index in [9.17, 15) is 9.59 Å². The first-order valence-corrected chi connectivity index (χ1v) is 13.8. The minimum absolute atomic E-state index is 0.0462. The topological polar surface area (TPSA) is 76.7 Å². The Morgan fingerprint density at radius 1 is 0.829 bits per heavy atom. The van der Waals surface area contributed by atoms with Gasteiger partial charge in [0.15, 0.2) is 0 Å². The molecule has 1 aromatic carbocycles. The van der Waals surface area contributed by atoms with Crippen LogP contribution in [0.3, 0.4) is 0 Å². The van der Waals surface area contributed by atoms with Gasteiger partial charge in [-0.1, -0.05) is 38.1 Å². The van der Waals surface area contributed by atoms with Crippen LogP contribution in [0.25, 0.3) is 0 Å². The molecule has 2 saturated carbocycles. The van der Waals surface area contributed by atoms with Crippen molar-refractivity contribution in [2.75, 3.05) is 26.2 Å².